The molecule has 0 atom stereocenters. The van der Waals surface area contributed by atoms with E-state index in [4.69, 9.17) is 15.1 Å². The van der Waals surface area contributed by atoms with E-state index in [0.29, 0.717) is 5.57 Å². The summed E-state index contributed by atoms with van der Waals surface area (Å²) >= 11 is 0. The fraction of sp³-hybridized carbons (Fsp3) is 0.500. The second-order valence-corrected chi connectivity index (χ2v) is 1.49. The summed E-state index contributed by atoms with van der Waals surface area (Å²) in [5, 5.41) is 16.4. The number of aliphatic hydroxyl groups excluding tert-OH is 1. The summed E-state index contributed by atoms with van der Waals surface area (Å²) in [6.45, 7) is 3.85. The summed E-state index contributed by atoms with van der Waals surface area (Å²) in [5.41, 5.74) is 0.378. The monoisotopic (exact) mass is 127 g/mol. The largest absolute Gasteiger partial charge is 0.394 e. The number of ether oxygens (including phenoxy) is 1. The van der Waals surface area contributed by atoms with Gasteiger partial charge in [-0.1, -0.05) is 6.58 Å². The summed E-state index contributed by atoms with van der Waals surface area (Å²) in [4.78, 5) is 0. The lowest BCUT2D eigenvalue weighted by molar-refractivity contribution is 0.109. The van der Waals surface area contributed by atoms with Crippen molar-refractivity contribution in [2.75, 3.05) is 19.8 Å². The molecule has 0 saturated carbocycles. The van der Waals surface area contributed by atoms with Crippen LogP contribution in [0.25, 0.3) is 0 Å². The first-order valence-electron chi connectivity index (χ1n) is 2.57. The molecular formula is C6H9NO2. The molecular weight excluding hydrogens is 118 g/mol. The standard InChI is InChI=1S/C6H9NO2/c1-6(4-7)5-9-3-2-8/h8H,1-3,5H2. The predicted octanol–water partition coefficient (Wildman–Crippen LogP) is 0.0751. The fourth-order valence-corrected chi connectivity index (χ4v) is 0.292. The Morgan fingerprint density at radius 2 is 2.44 bits per heavy atom. The van der Waals surface area contributed by atoms with Gasteiger partial charge < -0.3 is 9.84 Å². The highest BCUT2D eigenvalue weighted by Crippen LogP contribution is 1.86. The minimum Gasteiger partial charge on any atom is -0.394 e. The normalized spacial score (nSPS) is 8.44. The molecule has 0 saturated heterocycles. The zero-order valence-electron chi connectivity index (χ0n) is 5.13. The minimum absolute atomic E-state index is 0.0152. The number of nitriles is 1. The highest BCUT2D eigenvalue weighted by atomic mass is 16.5. The van der Waals surface area contributed by atoms with E-state index >= 15 is 0 Å². The summed E-state index contributed by atoms with van der Waals surface area (Å²) < 4.78 is 4.76. The molecule has 0 unspecified atom stereocenters. The second kappa shape index (κ2) is 5.29. The molecule has 3 nitrogen and oxygen atoms in total. The Labute approximate surface area is 54.2 Å². The van der Waals surface area contributed by atoms with Gasteiger partial charge in [-0.25, -0.2) is 0 Å². The van der Waals surface area contributed by atoms with Crippen molar-refractivity contribution in [2.45, 2.75) is 0 Å². The van der Waals surface area contributed by atoms with Crippen LogP contribution in [0.5, 0.6) is 0 Å². The molecule has 0 aromatic carbocycles. The van der Waals surface area contributed by atoms with Gasteiger partial charge in [-0.3, -0.25) is 0 Å². The fourth-order valence-electron chi connectivity index (χ4n) is 0.292. The molecule has 0 aliphatic heterocycles. The third kappa shape index (κ3) is 5.01. The maximum atomic E-state index is 8.21. The first kappa shape index (κ1) is 8.15. The molecule has 0 amide bonds. The van der Waals surface area contributed by atoms with Crippen LogP contribution in [0, 0.1) is 11.3 Å². The average Bonchev–Trinajstić information content (AvgIpc) is 1.89. The molecule has 0 aromatic heterocycles. The Kier molecular flexibility index (Phi) is 4.79. The Bertz CT molecular complexity index is 126. The van der Waals surface area contributed by atoms with Gasteiger partial charge in [0.05, 0.1) is 25.9 Å². The first-order chi connectivity index (χ1) is 4.31. The lowest BCUT2D eigenvalue weighted by Crippen LogP contribution is -2.01. The third-order valence-corrected chi connectivity index (χ3v) is 0.670. The number of hydrogen-bond acceptors (Lipinski definition) is 3. The number of rotatable bonds is 4. The van der Waals surface area contributed by atoms with E-state index in [-0.39, 0.29) is 19.8 Å². The molecule has 50 valence electrons. The van der Waals surface area contributed by atoms with Gasteiger partial charge in [0.25, 0.3) is 0 Å². The van der Waals surface area contributed by atoms with E-state index in [2.05, 4.69) is 6.58 Å². The van der Waals surface area contributed by atoms with Crippen LogP contribution in [0.1, 0.15) is 0 Å². The van der Waals surface area contributed by atoms with Gasteiger partial charge in [-0.2, -0.15) is 5.26 Å². The zero-order chi connectivity index (χ0) is 7.11. The van der Waals surface area contributed by atoms with Crippen molar-refractivity contribution in [3.05, 3.63) is 12.2 Å². The molecule has 0 spiro atoms. The molecule has 0 radical (unpaired) electrons. The molecule has 0 fully saturated rings. The van der Waals surface area contributed by atoms with E-state index in [1.807, 2.05) is 6.07 Å². The Morgan fingerprint density at radius 1 is 1.78 bits per heavy atom. The Morgan fingerprint density at radius 3 is 2.89 bits per heavy atom. The zero-order valence-corrected chi connectivity index (χ0v) is 5.13. The number of nitrogens with zero attached hydrogens (tertiary/aromatic N) is 1. The quantitative estimate of drug-likeness (QED) is 0.429. The van der Waals surface area contributed by atoms with E-state index < -0.39 is 0 Å². The average molecular weight is 127 g/mol. The molecule has 9 heavy (non-hydrogen) atoms. The van der Waals surface area contributed by atoms with Crippen LogP contribution < -0.4 is 0 Å². The van der Waals surface area contributed by atoms with Crippen LogP contribution in [0.4, 0.5) is 0 Å². The molecule has 3 heteroatoms. The summed E-state index contributed by atoms with van der Waals surface area (Å²) in [6, 6.07) is 1.82. The van der Waals surface area contributed by atoms with E-state index in [0.717, 1.165) is 0 Å². The third-order valence-electron chi connectivity index (χ3n) is 0.670. The van der Waals surface area contributed by atoms with Gasteiger partial charge in [-0.05, 0) is 0 Å². The molecule has 0 heterocycles. The van der Waals surface area contributed by atoms with E-state index in [1.165, 1.54) is 0 Å². The summed E-state index contributed by atoms with van der Waals surface area (Å²) in [5.74, 6) is 0. The lowest BCUT2D eigenvalue weighted by Gasteiger charge is -1.96. The van der Waals surface area contributed by atoms with Gasteiger partial charge >= 0.3 is 0 Å². The maximum absolute atomic E-state index is 8.21. The van der Waals surface area contributed by atoms with Gasteiger partial charge in [0.15, 0.2) is 0 Å². The summed E-state index contributed by atoms with van der Waals surface area (Å²) in [6.07, 6.45) is 0. The summed E-state index contributed by atoms with van der Waals surface area (Å²) in [7, 11) is 0. The SMILES string of the molecule is C=C(C#N)COCCO. The molecule has 0 bridgehead atoms. The highest BCUT2D eigenvalue weighted by Gasteiger charge is 1.88. The van der Waals surface area contributed by atoms with Crippen LogP contribution in [-0.2, 0) is 4.74 Å². The smallest absolute Gasteiger partial charge is 0.0965 e. The molecule has 0 aromatic rings. The van der Waals surface area contributed by atoms with Crippen LogP contribution in [0.2, 0.25) is 0 Å². The maximum Gasteiger partial charge on any atom is 0.0965 e. The van der Waals surface area contributed by atoms with Crippen molar-refractivity contribution in [1.82, 2.24) is 0 Å². The van der Waals surface area contributed by atoms with Crippen molar-refractivity contribution < 1.29 is 9.84 Å². The Hall–Kier alpha value is -0.850. The molecule has 0 aliphatic carbocycles. The van der Waals surface area contributed by atoms with E-state index in [1.54, 1.807) is 0 Å². The van der Waals surface area contributed by atoms with Gasteiger partial charge in [-0.15, -0.1) is 0 Å². The van der Waals surface area contributed by atoms with Crippen molar-refractivity contribution in [3.63, 3.8) is 0 Å². The predicted molar refractivity (Wildman–Crippen MR) is 32.7 cm³/mol. The van der Waals surface area contributed by atoms with Gasteiger partial charge in [0, 0.05) is 5.57 Å². The lowest BCUT2D eigenvalue weighted by atomic mass is 10.4. The minimum atomic E-state index is -0.0152. The van der Waals surface area contributed by atoms with Crippen LogP contribution in [-0.4, -0.2) is 24.9 Å². The molecule has 0 aliphatic rings. The first-order valence-corrected chi connectivity index (χ1v) is 2.57. The van der Waals surface area contributed by atoms with Crippen molar-refractivity contribution in [3.8, 4) is 6.07 Å². The van der Waals surface area contributed by atoms with E-state index in [9.17, 15) is 0 Å². The number of aliphatic hydroxyl groups is 1. The van der Waals surface area contributed by atoms with Crippen LogP contribution in [0.3, 0.4) is 0 Å². The van der Waals surface area contributed by atoms with Crippen LogP contribution in [0.15, 0.2) is 12.2 Å². The molecule has 0 rings (SSSR count). The van der Waals surface area contributed by atoms with Gasteiger partial charge in [0.1, 0.15) is 0 Å². The van der Waals surface area contributed by atoms with Crippen molar-refractivity contribution in [1.29, 1.82) is 5.26 Å². The van der Waals surface area contributed by atoms with Crippen LogP contribution >= 0.6 is 0 Å². The van der Waals surface area contributed by atoms with Crippen molar-refractivity contribution in [2.24, 2.45) is 0 Å². The number of hydrogen-bond donors (Lipinski definition) is 1. The van der Waals surface area contributed by atoms with Gasteiger partial charge in [0.2, 0.25) is 0 Å². The topological polar surface area (TPSA) is 53.2 Å². The second-order valence-electron chi connectivity index (χ2n) is 1.49. The van der Waals surface area contributed by atoms with Crippen molar-refractivity contribution >= 4 is 0 Å². The highest BCUT2D eigenvalue weighted by molar-refractivity contribution is 5.15. The molecule has 1 N–H and O–H groups in total. The Balaban J connectivity index is 3.10.